The SMILES string of the molecule is COc1c2ccc(=O)cc-2oc2occc12. The van der Waals surface area contributed by atoms with Gasteiger partial charge < -0.3 is 13.6 Å². The van der Waals surface area contributed by atoms with Crippen LogP contribution in [0, 0.1) is 0 Å². The topological polar surface area (TPSA) is 52.6 Å². The van der Waals surface area contributed by atoms with Gasteiger partial charge in [-0.2, -0.15) is 0 Å². The zero-order valence-corrected chi connectivity index (χ0v) is 8.52. The van der Waals surface area contributed by atoms with E-state index in [0.29, 0.717) is 17.3 Å². The highest BCUT2D eigenvalue weighted by atomic mass is 16.5. The third-order valence-corrected chi connectivity index (χ3v) is 2.48. The van der Waals surface area contributed by atoms with E-state index in [-0.39, 0.29) is 5.43 Å². The first kappa shape index (κ1) is 9.03. The first-order valence-corrected chi connectivity index (χ1v) is 4.77. The highest BCUT2D eigenvalue weighted by molar-refractivity contribution is 5.88. The molecule has 4 nitrogen and oxygen atoms in total. The van der Waals surface area contributed by atoms with Crippen LogP contribution >= 0.6 is 0 Å². The van der Waals surface area contributed by atoms with Crippen LogP contribution in [0.1, 0.15) is 0 Å². The molecule has 0 atom stereocenters. The minimum absolute atomic E-state index is 0.107. The fourth-order valence-corrected chi connectivity index (χ4v) is 1.78. The second-order valence-corrected chi connectivity index (χ2v) is 3.42. The number of rotatable bonds is 1. The van der Waals surface area contributed by atoms with Crippen LogP contribution in [0.2, 0.25) is 0 Å². The number of benzene rings is 1. The maximum Gasteiger partial charge on any atom is 0.301 e. The number of fused-ring (bicyclic) bond motifs is 2. The Morgan fingerprint density at radius 1 is 1.25 bits per heavy atom. The fraction of sp³-hybridized carbons (Fsp3) is 0.0833. The number of methoxy groups -OCH3 is 1. The Labute approximate surface area is 90.4 Å². The normalized spacial score (nSPS) is 11.1. The van der Waals surface area contributed by atoms with Gasteiger partial charge in [-0.25, -0.2) is 0 Å². The van der Waals surface area contributed by atoms with Gasteiger partial charge in [-0.1, -0.05) is 0 Å². The summed E-state index contributed by atoms with van der Waals surface area (Å²) in [4.78, 5) is 11.2. The molecule has 2 aliphatic rings. The molecule has 0 unspecified atom stereocenters. The van der Waals surface area contributed by atoms with Gasteiger partial charge in [-0.05, 0) is 18.2 Å². The average Bonchev–Trinajstić information content (AvgIpc) is 2.73. The number of hydrogen-bond acceptors (Lipinski definition) is 4. The van der Waals surface area contributed by atoms with Gasteiger partial charge in [0.25, 0.3) is 0 Å². The monoisotopic (exact) mass is 216 g/mol. The zero-order valence-electron chi connectivity index (χ0n) is 8.52. The van der Waals surface area contributed by atoms with Crippen molar-refractivity contribution in [3.05, 3.63) is 40.8 Å². The van der Waals surface area contributed by atoms with Gasteiger partial charge in [-0.15, -0.1) is 0 Å². The van der Waals surface area contributed by atoms with Crippen LogP contribution in [0.25, 0.3) is 22.5 Å². The Hall–Kier alpha value is -2.23. The van der Waals surface area contributed by atoms with Crippen molar-refractivity contribution >= 4 is 11.2 Å². The Kier molecular flexibility index (Phi) is 1.77. The average molecular weight is 216 g/mol. The first-order chi connectivity index (χ1) is 7.79. The lowest BCUT2D eigenvalue weighted by molar-refractivity contribution is 0.412. The largest absolute Gasteiger partial charge is 0.495 e. The summed E-state index contributed by atoms with van der Waals surface area (Å²) in [6.07, 6.45) is 1.52. The van der Waals surface area contributed by atoms with Gasteiger partial charge in [0.05, 0.1) is 18.9 Å². The highest BCUT2D eigenvalue weighted by Gasteiger charge is 2.17. The second kappa shape index (κ2) is 3.13. The van der Waals surface area contributed by atoms with Gasteiger partial charge >= 0.3 is 5.78 Å². The second-order valence-electron chi connectivity index (χ2n) is 3.42. The first-order valence-electron chi connectivity index (χ1n) is 4.77. The predicted octanol–water partition coefficient (Wildman–Crippen LogP) is 2.50. The van der Waals surface area contributed by atoms with Crippen LogP contribution in [0.3, 0.4) is 0 Å². The Morgan fingerprint density at radius 2 is 2.12 bits per heavy atom. The van der Waals surface area contributed by atoms with Crippen molar-refractivity contribution in [1.29, 1.82) is 0 Å². The Bertz CT molecular complexity index is 677. The summed E-state index contributed by atoms with van der Waals surface area (Å²) in [7, 11) is 1.58. The van der Waals surface area contributed by atoms with Gasteiger partial charge in [0.15, 0.2) is 5.43 Å². The minimum atomic E-state index is -0.107. The standard InChI is InChI=1S/C12H8O4/c1-14-11-8-3-2-7(13)6-10(8)16-12-9(11)4-5-15-12/h2-6H,1H3. The third kappa shape index (κ3) is 1.13. The van der Waals surface area contributed by atoms with E-state index >= 15 is 0 Å². The van der Waals surface area contributed by atoms with Crippen LogP contribution in [0.15, 0.2) is 44.2 Å². The molecule has 0 fully saturated rings. The molecule has 1 aromatic rings. The van der Waals surface area contributed by atoms with Crippen molar-refractivity contribution in [2.24, 2.45) is 0 Å². The number of ether oxygens (including phenoxy) is 1. The molecule has 0 radical (unpaired) electrons. The van der Waals surface area contributed by atoms with Crippen LogP contribution in [0.5, 0.6) is 5.75 Å². The summed E-state index contributed by atoms with van der Waals surface area (Å²) >= 11 is 0. The van der Waals surface area contributed by atoms with Crippen LogP contribution in [-0.4, -0.2) is 7.11 Å². The van der Waals surface area contributed by atoms with E-state index in [1.54, 1.807) is 19.2 Å². The van der Waals surface area contributed by atoms with Crippen LogP contribution in [-0.2, 0) is 0 Å². The van der Waals surface area contributed by atoms with E-state index in [4.69, 9.17) is 13.6 Å². The molecule has 1 aliphatic heterocycles. The van der Waals surface area contributed by atoms with Crippen molar-refractivity contribution in [2.45, 2.75) is 0 Å². The van der Waals surface area contributed by atoms with Crippen LogP contribution < -0.4 is 10.2 Å². The summed E-state index contributed by atoms with van der Waals surface area (Å²) in [5.41, 5.74) is 0.653. The Balaban J connectivity index is 2.54. The van der Waals surface area contributed by atoms with E-state index in [1.165, 1.54) is 18.4 Å². The molecule has 1 aromatic heterocycles. The molecule has 0 saturated heterocycles. The van der Waals surface area contributed by atoms with Crippen molar-refractivity contribution < 1.29 is 13.6 Å². The zero-order chi connectivity index (χ0) is 11.1. The fourth-order valence-electron chi connectivity index (χ4n) is 1.78. The molecule has 0 bridgehead atoms. The van der Waals surface area contributed by atoms with Crippen molar-refractivity contribution in [3.8, 4) is 17.1 Å². The summed E-state index contributed by atoms with van der Waals surface area (Å²) in [5.74, 6) is 1.48. The minimum Gasteiger partial charge on any atom is -0.495 e. The number of furan rings is 1. The van der Waals surface area contributed by atoms with Gasteiger partial charge in [0.1, 0.15) is 16.9 Å². The molecular weight excluding hydrogens is 208 g/mol. The van der Waals surface area contributed by atoms with Crippen LogP contribution in [0.4, 0.5) is 0 Å². The van der Waals surface area contributed by atoms with E-state index in [2.05, 4.69) is 0 Å². The lowest BCUT2D eigenvalue weighted by Gasteiger charge is -2.09. The summed E-state index contributed by atoms with van der Waals surface area (Å²) < 4.78 is 15.9. The molecule has 80 valence electrons. The molecule has 0 aromatic carbocycles. The van der Waals surface area contributed by atoms with E-state index in [9.17, 15) is 4.79 Å². The third-order valence-electron chi connectivity index (χ3n) is 2.48. The summed E-state index contributed by atoms with van der Waals surface area (Å²) in [6.45, 7) is 0. The summed E-state index contributed by atoms with van der Waals surface area (Å²) in [6, 6.07) is 6.35. The van der Waals surface area contributed by atoms with Crippen molar-refractivity contribution in [2.75, 3.05) is 7.11 Å². The van der Waals surface area contributed by atoms with Gasteiger partial charge in [-0.3, -0.25) is 4.79 Å². The molecule has 0 N–H and O–H groups in total. The lowest BCUT2D eigenvalue weighted by atomic mass is 10.1. The molecule has 2 heterocycles. The van der Waals surface area contributed by atoms with Gasteiger partial charge in [0, 0.05) is 6.07 Å². The molecule has 16 heavy (non-hydrogen) atoms. The Morgan fingerprint density at radius 3 is 2.94 bits per heavy atom. The number of hydrogen-bond donors (Lipinski definition) is 0. The highest BCUT2D eigenvalue weighted by Crippen LogP contribution is 2.38. The van der Waals surface area contributed by atoms with E-state index < -0.39 is 0 Å². The smallest absolute Gasteiger partial charge is 0.301 e. The molecule has 0 amide bonds. The van der Waals surface area contributed by atoms with Gasteiger partial charge in [0.2, 0.25) is 0 Å². The van der Waals surface area contributed by atoms with Crippen molar-refractivity contribution in [3.63, 3.8) is 0 Å². The maximum atomic E-state index is 11.2. The summed E-state index contributed by atoms with van der Waals surface area (Å²) in [5, 5.41) is 0.758. The molecular formula is C12H8O4. The molecule has 3 rings (SSSR count). The van der Waals surface area contributed by atoms with E-state index in [1.807, 2.05) is 0 Å². The molecule has 1 aliphatic carbocycles. The predicted molar refractivity (Wildman–Crippen MR) is 57.9 cm³/mol. The molecule has 0 spiro atoms. The maximum absolute atomic E-state index is 11.2. The van der Waals surface area contributed by atoms with Crippen molar-refractivity contribution in [1.82, 2.24) is 0 Å². The van der Waals surface area contributed by atoms with E-state index in [0.717, 1.165) is 10.9 Å². The quantitative estimate of drug-likeness (QED) is 0.627. The lowest BCUT2D eigenvalue weighted by Crippen LogP contribution is -1.99. The molecule has 0 saturated carbocycles. The molecule has 4 heteroatoms.